The van der Waals surface area contributed by atoms with Crippen LogP contribution in [0.5, 0.6) is 5.75 Å². The summed E-state index contributed by atoms with van der Waals surface area (Å²) in [5.41, 5.74) is 0.920. The van der Waals surface area contributed by atoms with Crippen LogP contribution in [0.25, 0.3) is 11.1 Å². The SMILES string of the molecule is CCCc1ccc(-c2ccc(C(=O)Oc3c(Br)cc(C(F)(F)F)cc3[N+](=O)[O-])cc2)cc1. The molecule has 0 radical (unpaired) electrons. The van der Waals surface area contributed by atoms with Crippen LogP contribution < -0.4 is 4.74 Å². The number of carbonyl (C=O) groups excluding carboxylic acids is 1. The zero-order valence-corrected chi connectivity index (χ0v) is 18.4. The fourth-order valence-corrected chi connectivity index (χ4v) is 3.61. The number of halogens is 4. The van der Waals surface area contributed by atoms with Gasteiger partial charge < -0.3 is 4.74 Å². The van der Waals surface area contributed by atoms with Crippen LogP contribution in [0.1, 0.15) is 34.8 Å². The Hall–Kier alpha value is -3.20. The van der Waals surface area contributed by atoms with Crippen LogP contribution in [0.2, 0.25) is 0 Å². The molecule has 5 nitrogen and oxygen atoms in total. The lowest BCUT2D eigenvalue weighted by molar-refractivity contribution is -0.385. The van der Waals surface area contributed by atoms with Crippen molar-refractivity contribution < 1.29 is 27.6 Å². The lowest BCUT2D eigenvalue weighted by atomic mass is 10.0. The Kier molecular flexibility index (Phi) is 6.98. The highest BCUT2D eigenvalue weighted by atomic mass is 79.9. The van der Waals surface area contributed by atoms with Crippen molar-refractivity contribution in [3.05, 3.63) is 91.9 Å². The molecule has 0 saturated heterocycles. The van der Waals surface area contributed by atoms with Crippen LogP contribution in [-0.2, 0) is 12.6 Å². The van der Waals surface area contributed by atoms with E-state index in [9.17, 15) is 28.1 Å². The molecule has 3 aromatic rings. The van der Waals surface area contributed by atoms with E-state index in [2.05, 4.69) is 22.9 Å². The van der Waals surface area contributed by atoms with E-state index in [0.717, 1.165) is 24.0 Å². The molecule has 0 amide bonds. The molecule has 0 bridgehead atoms. The highest BCUT2D eigenvalue weighted by molar-refractivity contribution is 9.10. The summed E-state index contributed by atoms with van der Waals surface area (Å²) >= 11 is 2.84. The molecule has 0 heterocycles. The van der Waals surface area contributed by atoms with E-state index in [0.29, 0.717) is 12.1 Å². The van der Waals surface area contributed by atoms with E-state index in [1.54, 1.807) is 12.1 Å². The molecular weight excluding hydrogens is 491 g/mol. The van der Waals surface area contributed by atoms with Crippen molar-refractivity contribution in [2.75, 3.05) is 0 Å². The summed E-state index contributed by atoms with van der Waals surface area (Å²) in [7, 11) is 0. The Balaban J connectivity index is 1.84. The van der Waals surface area contributed by atoms with Crippen LogP contribution in [-0.4, -0.2) is 10.9 Å². The standard InChI is InChI=1S/C23H17BrF3NO4/c1-2-3-14-4-6-15(7-5-14)16-8-10-17(11-9-16)22(29)32-21-19(24)12-18(23(25,26)27)13-20(21)28(30)31/h4-13H,2-3H2,1H3. The van der Waals surface area contributed by atoms with Gasteiger partial charge >= 0.3 is 17.8 Å². The quantitative estimate of drug-likeness (QED) is 0.153. The molecule has 166 valence electrons. The highest BCUT2D eigenvalue weighted by Crippen LogP contribution is 2.41. The molecular formula is C23H17BrF3NO4. The molecule has 0 aromatic heterocycles. The van der Waals surface area contributed by atoms with Gasteiger partial charge in [0, 0.05) is 6.07 Å². The summed E-state index contributed by atoms with van der Waals surface area (Å²) in [6.45, 7) is 2.10. The monoisotopic (exact) mass is 507 g/mol. The predicted octanol–water partition coefficient (Wildman–Crippen LogP) is 7.21. The maximum atomic E-state index is 13.0. The number of nitro groups is 1. The van der Waals surface area contributed by atoms with Crippen molar-refractivity contribution >= 4 is 27.6 Å². The van der Waals surface area contributed by atoms with E-state index in [-0.39, 0.29) is 10.0 Å². The first-order valence-corrected chi connectivity index (χ1v) is 10.4. The third kappa shape index (κ3) is 5.34. The minimum Gasteiger partial charge on any atom is -0.414 e. The molecule has 0 aliphatic rings. The third-order valence-corrected chi connectivity index (χ3v) is 5.28. The normalized spacial score (nSPS) is 11.3. The molecule has 0 aliphatic heterocycles. The first-order valence-electron chi connectivity index (χ1n) is 9.57. The molecule has 3 rings (SSSR count). The van der Waals surface area contributed by atoms with Gasteiger partial charge in [0.15, 0.2) is 0 Å². The number of hydrogen-bond acceptors (Lipinski definition) is 4. The molecule has 0 unspecified atom stereocenters. The number of carbonyl (C=O) groups is 1. The molecule has 0 atom stereocenters. The van der Waals surface area contributed by atoms with Gasteiger partial charge in [0.2, 0.25) is 5.75 Å². The second kappa shape index (κ2) is 9.52. The highest BCUT2D eigenvalue weighted by Gasteiger charge is 2.35. The van der Waals surface area contributed by atoms with Gasteiger partial charge in [-0.1, -0.05) is 49.7 Å². The first kappa shape index (κ1) is 23.5. The lowest BCUT2D eigenvalue weighted by Gasteiger charge is -2.11. The minimum atomic E-state index is -4.79. The zero-order valence-electron chi connectivity index (χ0n) is 16.8. The van der Waals surface area contributed by atoms with Gasteiger partial charge in [0.1, 0.15) is 0 Å². The second-order valence-electron chi connectivity index (χ2n) is 6.97. The van der Waals surface area contributed by atoms with Crippen molar-refractivity contribution in [1.82, 2.24) is 0 Å². The van der Waals surface area contributed by atoms with Crippen molar-refractivity contribution in [1.29, 1.82) is 0 Å². The summed E-state index contributed by atoms with van der Waals surface area (Å²) < 4.78 is 43.6. The number of ether oxygens (including phenoxy) is 1. The fourth-order valence-electron chi connectivity index (χ4n) is 3.08. The van der Waals surface area contributed by atoms with Crippen LogP contribution in [0.4, 0.5) is 18.9 Å². The van der Waals surface area contributed by atoms with Crippen LogP contribution in [0, 0.1) is 10.1 Å². The van der Waals surface area contributed by atoms with Crippen molar-refractivity contribution in [3.8, 4) is 16.9 Å². The summed E-state index contributed by atoms with van der Waals surface area (Å²) in [5.74, 6) is -1.53. The smallest absolute Gasteiger partial charge is 0.414 e. The number of alkyl halides is 3. The largest absolute Gasteiger partial charge is 0.416 e. The summed E-state index contributed by atoms with van der Waals surface area (Å²) in [4.78, 5) is 22.7. The van der Waals surface area contributed by atoms with Gasteiger partial charge in [-0.3, -0.25) is 10.1 Å². The molecule has 0 aliphatic carbocycles. The topological polar surface area (TPSA) is 69.4 Å². The molecule has 0 saturated carbocycles. The maximum Gasteiger partial charge on any atom is 0.416 e. The Morgan fingerprint density at radius 3 is 2.09 bits per heavy atom. The van der Waals surface area contributed by atoms with Gasteiger partial charge in [-0.15, -0.1) is 0 Å². The lowest BCUT2D eigenvalue weighted by Crippen LogP contribution is -2.12. The number of rotatable bonds is 6. The van der Waals surface area contributed by atoms with Gasteiger partial charge in [0.05, 0.1) is 20.5 Å². The maximum absolute atomic E-state index is 13.0. The van der Waals surface area contributed by atoms with Crippen molar-refractivity contribution in [2.45, 2.75) is 25.9 Å². The molecule has 9 heteroatoms. The Labute approximate surface area is 190 Å². The number of aryl methyl sites for hydroxylation is 1. The summed E-state index contributed by atoms with van der Waals surface area (Å²) in [6.07, 6.45) is -2.76. The van der Waals surface area contributed by atoms with E-state index in [1.807, 2.05) is 24.3 Å². The summed E-state index contributed by atoms with van der Waals surface area (Å²) in [6, 6.07) is 15.3. The Morgan fingerprint density at radius 1 is 1.03 bits per heavy atom. The number of nitrogens with zero attached hydrogens (tertiary/aromatic N) is 1. The number of esters is 1. The number of nitro benzene ring substituents is 1. The van der Waals surface area contributed by atoms with Crippen LogP contribution in [0.3, 0.4) is 0 Å². The van der Waals surface area contributed by atoms with Gasteiger partial charge in [0.25, 0.3) is 0 Å². The minimum absolute atomic E-state index is 0.0949. The average Bonchev–Trinajstić information content (AvgIpc) is 2.75. The zero-order chi connectivity index (χ0) is 23.5. The fraction of sp³-hybridized carbons (Fsp3) is 0.174. The Morgan fingerprint density at radius 2 is 1.59 bits per heavy atom. The molecule has 0 spiro atoms. The predicted molar refractivity (Wildman–Crippen MR) is 117 cm³/mol. The second-order valence-corrected chi connectivity index (χ2v) is 7.83. The Bertz CT molecular complexity index is 1140. The van der Waals surface area contributed by atoms with Crippen LogP contribution in [0.15, 0.2) is 65.1 Å². The number of hydrogen-bond donors (Lipinski definition) is 0. The van der Waals surface area contributed by atoms with Crippen molar-refractivity contribution in [3.63, 3.8) is 0 Å². The van der Waals surface area contributed by atoms with E-state index in [4.69, 9.17) is 4.74 Å². The van der Waals surface area contributed by atoms with Crippen LogP contribution >= 0.6 is 15.9 Å². The molecule has 0 fully saturated rings. The molecule has 3 aromatic carbocycles. The van der Waals surface area contributed by atoms with E-state index in [1.165, 1.54) is 17.7 Å². The third-order valence-electron chi connectivity index (χ3n) is 4.69. The van der Waals surface area contributed by atoms with E-state index < -0.39 is 34.1 Å². The van der Waals surface area contributed by atoms with Gasteiger partial charge in [-0.05, 0) is 57.2 Å². The van der Waals surface area contributed by atoms with Gasteiger partial charge in [-0.2, -0.15) is 13.2 Å². The van der Waals surface area contributed by atoms with E-state index >= 15 is 0 Å². The van der Waals surface area contributed by atoms with Gasteiger partial charge in [-0.25, -0.2) is 4.79 Å². The molecule has 32 heavy (non-hydrogen) atoms. The summed E-state index contributed by atoms with van der Waals surface area (Å²) in [5, 5.41) is 11.3. The van der Waals surface area contributed by atoms with Crippen molar-refractivity contribution in [2.24, 2.45) is 0 Å². The molecule has 0 N–H and O–H groups in total. The number of benzene rings is 3. The first-order chi connectivity index (χ1) is 15.1. The average molecular weight is 508 g/mol.